The first-order valence-corrected chi connectivity index (χ1v) is 7.97. The lowest BCUT2D eigenvalue weighted by Crippen LogP contribution is -2.39. The summed E-state index contributed by atoms with van der Waals surface area (Å²) in [5, 5.41) is 5.15. The average molecular weight is 358 g/mol. The first-order valence-electron chi connectivity index (χ1n) is 7.97. The van der Waals surface area contributed by atoms with Crippen molar-refractivity contribution in [2.45, 2.75) is 13.1 Å². The maximum atomic E-state index is 12.0. The molecule has 0 spiro atoms. The van der Waals surface area contributed by atoms with Crippen molar-refractivity contribution in [2.75, 3.05) is 21.3 Å². The molecule has 0 fully saturated rings. The molecular weight excluding hydrogens is 336 g/mol. The molecular formula is C19H22N2O5. The first-order chi connectivity index (χ1) is 12.6. The fourth-order valence-corrected chi connectivity index (χ4v) is 2.36. The van der Waals surface area contributed by atoms with Gasteiger partial charge in [0.2, 0.25) is 0 Å². The normalized spacial score (nSPS) is 9.96. The summed E-state index contributed by atoms with van der Waals surface area (Å²) in [5.41, 5.74) is 1.57. The quantitative estimate of drug-likeness (QED) is 0.735. The molecule has 0 heterocycles. The second-order valence-corrected chi connectivity index (χ2v) is 5.37. The summed E-state index contributed by atoms with van der Waals surface area (Å²) in [7, 11) is 4.63. The lowest BCUT2D eigenvalue weighted by atomic mass is 10.2. The second-order valence-electron chi connectivity index (χ2n) is 5.37. The highest BCUT2D eigenvalue weighted by molar-refractivity contribution is 6.35. The van der Waals surface area contributed by atoms with Crippen molar-refractivity contribution in [1.29, 1.82) is 0 Å². The van der Waals surface area contributed by atoms with Crippen LogP contribution in [-0.4, -0.2) is 33.1 Å². The summed E-state index contributed by atoms with van der Waals surface area (Å²) in [6, 6.07) is 12.5. The molecule has 138 valence electrons. The zero-order chi connectivity index (χ0) is 18.9. The van der Waals surface area contributed by atoms with Crippen molar-refractivity contribution in [3.8, 4) is 17.2 Å². The van der Waals surface area contributed by atoms with E-state index in [2.05, 4.69) is 10.6 Å². The molecule has 0 aliphatic rings. The van der Waals surface area contributed by atoms with Crippen molar-refractivity contribution in [3.63, 3.8) is 0 Å². The fraction of sp³-hybridized carbons (Fsp3) is 0.263. The van der Waals surface area contributed by atoms with Gasteiger partial charge in [0, 0.05) is 18.7 Å². The monoisotopic (exact) mass is 358 g/mol. The molecule has 26 heavy (non-hydrogen) atoms. The summed E-state index contributed by atoms with van der Waals surface area (Å²) in [6.07, 6.45) is 0. The van der Waals surface area contributed by atoms with E-state index < -0.39 is 11.8 Å². The van der Waals surface area contributed by atoms with Crippen LogP contribution >= 0.6 is 0 Å². The van der Waals surface area contributed by atoms with E-state index in [1.165, 1.54) is 7.11 Å². The van der Waals surface area contributed by atoms with Gasteiger partial charge in [0.25, 0.3) is 0 Å². The van der Waals surface area contributed by atoms with Crippen LogP contribution in [-0.2, 0) is 22.7 Å². The first kappa shape index (κ1) is 19.1. The van der Waals surface area contributed by atoms with E-state index in [9.17, 15) is 9.59 Å². The molecule has 0 radical (unpaired) electrons. The van der Waals surface area contributed by atoms with Crippen molar-refractivity contribution in [3.05, 3.63) is 53.6 Å². The van der Waals surface area contributed by atoms with E-state index in [4.69, 9.17) is 14.2 Å². The van der Waals surface area contributed by atoms with Gasteiger partial charge in [0.1, 0.15) is 5.75 Å². The highest BCUT2D eigenvalue weighted by Gasteiger charge is 2.14. The molecule has 2 aromatic rings. The van der Waals surface area contributed by atoms with Crippen LogP contribution in [0.4, 0.5) is 0 Å². The lowest BCUT2D eigenvalue weighted by Gasteiger charge is -2.11. The average Bonchev–Trinajstić information content (AvgIpc) is 2.69. The summed E-state index contributed by atoms with van der Waals surface area (Å²) in [5.74, 6) is 0.376. The Hall–Kier alpha value is -3.22. The second kappa shape index (κ2) is 9.31. The Labute approximate surface area is 152 Å². The van der Waals surface area contributed by atoms with Gasteiger partial charge in [-0.25, -0.2) is 0 Å². The van der Waals surface area contributed by atoms with Gasteiger partial charge in [0.05, 0.1) is 21.3 Å². The third-order valence-corrected chi connectivity index (χ3v) is 3.74. The third-order valence-electron chi connectivity index (χ3n) is 3.74. The number of carbonyl (C=O) groups is 2. The van der Waals surface area contributed by atoms with E-state index in [0.29, 0.717) is 17.2 Å². The SMILES string of the molecule is COc1ccccc1CNC(=O)C(=O)NCc1ccc(OC)c(OC)c1. The van der Waals surface area contributed by atoms with Crippen LogP contribution in [0.3, 0.4) is 0 Å². The molecule has 0 aromatic heterocycles. The molecule has 0 atom stereocenters. The number of methoxy groups -OCH3 is 3. The molecule has 0 unspecified atom stereocenters. The standard InChI is InChI=1S/C19H22N2O5/c1-24-15-7-5-4-6-14(15)12-21-19(23)18(22)20-11-13-8-9-16(25-2)17(10-13)26-3/h4-10H,11-12H2,1-3H3,(H,20,22)(H,21,23). The molecule has 0 aliphatic carbocycles. The topological polar surface area (TPSA) is 85.9 Å². The third kappa shape index (κ3) is 4.89. The number of rotatable bonds is 7. The number of hydrogen-bond donors (Lipinski definition) is 2. The van der Waals surface area contributed by atoms with Gasteiger partial charge in [0.15, 0.2) is 11.5 Å². The van der Waals surface area contributed by atoms with Crippen molar-refractivity contribution < 1.29 is 23.8 Å². The van der Waals surface area contributed by atoms with Crippen LogP contribution in [0.15, 0.2) is 42.5 Å². The van der Waals surface area contributed by atoms with Gasteiger partial charge in [-0.2, -0.15) is 0 Å². The largest absolute Gasteiger partial charge is 0.496 e. The number of carbonyl (C=O) groups excluding carboxylic acids is 2. The molecule has 0 saturated carbocycles. The summed E-state index contributed by atoms with van der Waals surface area (Å²) in [6.45, 7) is 0.397. The summed E-state index contributed by atoms with van der Waals surface area (Å²) in [4.78, 5) is 23.9. The van der Waals surface area contributed by atoms with Crippen molar-refractivity contribution >= 4 is 11.8 Å². The van der Waals surface area contributed by atoms with Gasteiger partial charge in [-0.05, 0) is 23.8 Å². The van der Waals surface area contributed by atoms with Crippen LogP contribution in [0.2, 0.25) is 0 Å². The Morgan fingerprint density at radius 2 is 1.38 bits per heavy atom. The minimum atomic E-state index is -0.713. The molecule has 2 amide bonds. The zero-order valence-electron chi connectivity index (χ0n) is 15.0. The molecule has 2 N–H and O–H groups in total. The Bertz CT molecular complexity index is 776. The molecule has 0 bridgehead atoms. The van der Waals surface area contributed by atoms with E-state index >= 15 is 0 Å². The Morgan fingerprint density at radius 3 is 2.04 bits per heavy atom. The van der Waals surface area contributed by atoms with Crippen LogP contribution in [0.25, 0.3) is 0 Å². The van der Waals surface area contributed by atoms with Crippen LogP contribution in [0.1, 0.15) is 11.1 Å². The molecule has 7 heteroatoms. The minimum absolute atomic E-state index is 0.196. The highest BCUT2D eigenvalue weighted by atomic mass is 16.5. The highest BCUT2D eigenvalue weighted by Crippen LogP contribution is 2.27. The molecule has 0 saturated heterocycles. The fourth-order valence-electron chi connectivity index (χ4n) is 2.36. The van der Waals surface area contributed by atoms with Crippen LogP contribution in [0.5, 0.6) is 17.2 Å². The lowest BCUT2D eigenvalue weighted by molar-refractivity contribution is -0.139. The maximum absolute atomic E-state index is 12.0. The predicted octanol–water partition coefficient (Wildman–Crippen LogP) is 1.64. The number of ether oxygens (including phenoxy) is 3. The van der Waals surface area contributed by atoms with Gasteiger partial charge in [-0.3, -0.25) is 9.59 Å². The number of amides is 2. The Kier molecular flexibility index (Phi) is 6.84. The summed E-state index contributed by atoms with van der Waals surface area (Å²) < 4.78 is 15.6. The van der Waals surface area contributed by atoms with Crippen LogP contribution in [0, 0.1) is 0 Å². The van der Waals surface area contributed by atoms with E-state index in [-0.39, 0.29) is 13.1 Å². The van der Waals surface area contributed by atoms with Gasteiger partial charge >= 0.3 is 11.8 Å². The predicted molar refractivity (Wildman–Crippen MR) is 96.2 cm³/mol. The molecule has 2 aromatic carbocycles. The minimum Gasteiger partial charge on any atom is -0.496 e. The van der Waals surface area contributed by atoms with E-state index in [1.807, 2.05) is 18.2 Å². The van der Waals surface area contributed by atoms with Crippen molar-refractivity contribution in [2.24, 2.45) is 0 Å². The number of nitrogens with one attached hydrogen (secondary N) is 2. The molecule has 0 aliphatic heterocycles. The maximum Gasteiger partial charge on any atom is 0.309 e. The van der Waals surface area contributed by atoms with E-state index in [0.717, 1.165) is 11.1 Å². The molecule has 2 rings (SSSR count). The van der Waals surface area contributed by atoms with Gasteiger partial charge in [-0.15, -0.1) is 0 Å². The smallest absolute Gasteiger partial charge is 0.309 e. The van der Waals surface area contributed by atoms with E-state index in [1.54, 1.807) is 38.5 Å². The Balaban J connectivity index is 1.88. The zero-order valence-corrected chi connectivity index (χ0v) is 15.0. The summed E-state index contributed by atoms with van der Waals surface area (Å²) >= 11 is 0. The number of hydrogen-bond acceptors (Lipinski definition) is 5. The Morgan fingerprint density at radius 1 is 0.769 bits per heavy atom. The van der Waals surface area contributed by atoms with Crippen molar-refractivity contribution in [1.82, 2.24) is 10.6 Å². The molecule has 7 nitrogen and oxygen atoms in total. The van der Waals surface area contributed by atoms with Gasteiger partial charge in [-0.1, -0.05) is 24.3 Å². The van der Waals surface area contributed by atoms with Gasteiger partial charge < -0.3 is 24.8 Å². The number of benzene rings is 2. The van der Waals surface area contributed by atoms with Crippen LogP contribution < -0.4 is 24.8 Å². The number of para-hydroxylation sites is 1.